The molecule has 1 saturated heterocycles. The summed E-state index contributed by atoms with van der Waals surface area (Å²) >= 11 is 6.17. The predicted molar refractivity (Wildman–Crippen MR) is 165 cm³/mol. The molecular weight excluding hydrogens is 574 g/mol. The number of aromatic carboxylic acids is 2. The number of carbonyl (C=O) groups is 2. The molecule has 1 aliphatic heterocycles. The average Bonchev–Trinajstić information content (AvgIpc) is 3.01. The maximum atomic E-state index is 10.3. The molecule has 4 aromatic rings. The molecule has 0 aliphatic carbocycles. The smallest absolute Gasteiger partial charge is 0.339 e. The Balaban J connectivity index is 0.000000209. The summed E-state index contributed by atoms with van der Waals surface area (Å²) in [5.41, 5.74) is 2.12. The number of aromatic nitrogens is 1. The number of carboxylic acid groups (broad SMARTS) is 2. The molecule has 226 valence electrons. The van der Waals surface area contributed by atoms with Gasteiger partial charge in [0.25, 0.3) is 0 Å². The number of rotatable bonds is 8. The van der Waals surface area contributed by atoms with Crippen molar-refractivity contribution >= 4 is 34.9 Å². The van der Waals surface area contributed by atoms with Gasteiger partial charge in [0.05, 0.1) is 13.2 Å². The lowest BCUT2D eigenvalue weighted by atomic mass is 10.2. The van der Waals surface area contributed by atoms with Crippen molar-refractivity contribution in [3.8, 4) is 11.5 Å². The molecule has 3 aromatic carbocycles. The van der Waals surface area contributed by atoms with E-state index >= 15 is 0 Å². The van der Waals surface area contributed by atoms with Gasteiger partial charge in [-0.15, -0.1) is 0 Å². The number of morpholine rings is 1. The first-order valence-corrected chi connectivity index (χ1v) is 13.9. The second-order valence-corrected chi connectivity index (χ2v) is 9.73. The number of para-hydroxylation sites is 2. The zero-order chi connectivity index (χ0) is 31.0. The number of ether oxygens (including phenoxy) is 1. The van der Waals surface area contributed by atoms with Crippen molar-refractivity contribution in [2.75, 3.05) is 44.3 Å². The van der Waals surface area contributed by atoms with Crippen LogP contribution in [0.4, 0.5) is 11.4 Å². The summed E-state index contributed by atoms with van der Waals surface area (Å²) in [7, 11) is 0. The largest absolute Gasteiger partial charge is 0.507 e. The zero-order valence-electron chi connectivity index (χ0n) is 23.4. The lowest BCUT2D eigenvalue weighted by Crippen LogP contribution is -2.37. The van der Waals surface area contributed by atoms with Crippen molar-refractivity contribution in [2.45, 2.75) is 6.42 Å². The molecule has 0 radical (unpaired) electrons. The Labute approximate surface area is 255 Å². The van der Waals surface area contributed by atoms with E-state index in [2.05, 4.69) is 20.9 Å². The van der Waals surface area contributed by atoms with Gasteiger partial charge in [-0.25, -0.2) is 9.59 Å². The molecule has 1 fully saturated rings. The summed E-state index contributed by atoms with van der Waals surface area (Å²) in [6.45, 7) is 5.80. The summed E-state index contributed by atoms with van der Waals surface area (Å²) < 4.78 is 5.41. The quantitative estimate of drug-likeness (QED) is 0.195. The van der Waals surface area contributed by atoms with Crippen molar-refractivity contribution in [1.29, 1.82) is 0 Å². The van der Waals surface area contributed by atoms with E-state index in [1.54, 1.807) is 24.3 Å². The van der Waals surface area contributed by atoms with Crippen LogP contribution in [-0.2, 0) is 4.74 Å². The fraction of sp³-hybridized carbons (Fsp3) is 0.219. The van der Waals surface area contributed by atoms with E-state index in [9.17, 15) is 9.59 Å². The summed E-state index contributed by atoms with van der Waals surface area (Å²) in [5.74, 6) is -2.62. The number of halogens is 1. The van der Waals surface area contributed by atoms with Gasteiger partial charge in [0.1, 0.15) is 22.6 Å². The second-order valence-electron chi connectivity index (χ2n) is 9.29. The van der Waals surface area contributed by atoms with Crippen molar-refractivity contribution in [2.24, 2.45) is 0 Å². The standard InChI is InChI=1S/C18H22ClN3O.2C7H6O3/c19-16-3-1-4-18(15-16)22(17-5-7-20-8-6-17)10-2-9-21-11-13-23-14-12-21;2*8-6-4-2-1-3-5(6)7(9)10/h1,3-8,15H,2,9-14H2;2*1-4,8H,(H,9,10). The van der Waals surface area contributed by atoms with Crippen LogP contribution in [0.3, 0.4) is 0 Å². The first-order chi connectivity index (χ1) is 20.8. The Morgan fingerprint density at radius 2 is 1.35 bits per heavy atom. The van der Waals surface area contributed by atoms with E-state index < -0.39 is 11.9 Å². The van der Waals surface area contributed by atoms with Crippen LogP contribution < -0.4 is 4.90 Å². The first-order valence-electron chi connectivity index (χ1n) is 13.5. The maximum Gasteiger partial charge on any atom is 0.339 e. The fourth-order valence-corrected chi connectivity index (χ4v) is 4.35. The molecule has 0 saturated carbocycles. The van der Waals surface area contributed by atoms with Gasteiger partial charge in [-0.05, 0) is 61.0 Å². The van der Waals surface area contributed by atoms with Gasteiger partial charge in [0.15, 0.2) is 0 Å². The molecule has 43 heavy (non-hydrogen) atoms. The van der Waals surface area contributed by atoms with Gasteiger partial charge in [0, 0.05) is 55.0 Å². The topological polar surface area (TPSA) is 144 Å². The van der Waals surface area contributed by atoms with Crippen molar-refractivity contribution < 1.29 is 34.8 Å². The van der Waals surface area contributed by atoms with Crippen molar-refractivity contribution in [3.05, 3.63) is 113 Å². The molecular formula is C32H34ClN3O7. The van der Waals surface area contributed by atoms with E-state index in [0.717, 1.165) is 62.2 Å². The van der Waals surface area contributed by atoms with E-state index in [4.69, 9.17) is 36.8 Å². The van der Waals surface area contributed by atoms with Crippen LogP contribution in [0, 0.1) is 0 Å². The zero-order valence-corrected chi connectivity index (χ0v) is 24.2. The van der Waals surface area contributed by atoms with Crippen LogP contribution in [0.25, 0.3) is 0 Å². The molecule has 0 amide bonds. The highest BCUT2D eigenvalue weighted by molar-refractivity contribution is 6.30. The second kappa shape index (κ2) is 17.3. The van der Waals surface area contributed by atoms with Gasteiger partial charge in [0.2, 0.25) is 0 Å². The van der Waals surface area contributed by atoms with E-state index in [1.165, 1.54) is 24.3 Å². The summed E-state index contributed by atoms with van der Waals surface area (Å²) in [6, 6.07) is 23.7. The molecule has 2 heterocycles. The fourth-order valence-electron chi connectivity index (χ4n) is 4.16. The number of hydrogen-bond donors (Lipinski definition) is 4. The van der Waals surface area contributed by atoms with E-state index in [0.29, 0.717) is 0 Å². The Bertz CT molecular complexity index is 1390. The van der Waals surface area contributed by atoms with Gasteiger partial charge in [-0.1, -0.05) is 41.9 Å². The van der Waals surface area contributed by atoms with Gasteiger partial charge in [-0.3, -0.25) is 9.88 Å². The van der Waals surface area contributed by atoms with E-state index in [-0.39, 0.29) is 22.6 Å². The Morgan fingerprint density at radius 3 is 1.84 bits per heavy atom. The molecule has 0 unspecified atom stereocenters. The summed E-state index contributed by atoms with van der Waals surface area (Å²) in [4.78, 5) is 29.4. The molecule has 10 nitrogen and oxygen atoms in total. The number of pyridine rings is 1. The molecule has 1 aromatic heterocycles. The van der Waals surface area contributed by atoms with Crippen LogP contribution in [0.2, 0.25) is 5.02 Å². The lowest BCUT2D eigenvalue weighted by Gasteiger charge is -2.29. The Morgan fingerprint density at radius 1 is 0.791 bits per heavy atom. The number of phenols is 2. The third kappa shape index (κ3) is 10.9. The normalized spacial score (nSPS) is 12.6. The predicted octanol–water partition coefficient (Wildman–Crippen LogP) is 5.78. The minimum atomic E-state index is -1.11. The van der Waals surface area contributed by atoms with E-state index in [1.807, 2.05) is 42.7 Å². The average molecular weight is 608 g/mol. The van der Waals surface area contributed by atoms with Crippen LogP contribution in [0.1, 0.15) is 27.1 Å². The summed E-state index contributed by atoms with van der Waals surface area (Å²) in [6.07, 6.45) is 4.75. The molecule has 11 heteroatoms. The highest BCUT2D eigenvalue weighted by atomic mass is 35.5. The number of nitrogens with zero attached hydrogens (tertiary/aromatic N) is 3. The number of aromatic hydroxyl groups is 2. The van der Waals surface area contributed by atoms with Crippen LogP contribution in [0.15, 0.2) is 97.3 Å². The van der Waals surface area contributed by atoms with Crippen molar-refractivity contribution in [3.63, 3.8) is 0 Å². The van der Waals surface area contributed by atoms with Crippen LogP contribution >= 0.6 is 11.6 Å². The van der Waals surface area contributed by atoms with Gasteiger partial charge >= 0.3 is 11.9 Å². The molecule has 5 rings (SSSR count). The van der Waals surface area contributed by atoms with Crippen molar-refractivity contribution in [1.82, 2.24) is 9.88 Å². The number of benzene rings is 3. The third-order valence-corrected chi connectivity index (χ3v) is 6.56. The third-order valence-electron chi connectivity index (χ3n) is 6.32. The van der Waals surface area contributed by atoms with Crippen LogP contribution in [-0.4, -0.2) is 81.6 Å². The molecule has 4 N–H and O–H groups in total. The summed E-state index contributed by atoms with van der Waals surface area (Å²) in [5, 5.41) is 35.4. The molecule has 0 bridgehead atoms. The molecule has 0 spiro atoms. The SMILES string of the molecule is Clc1cccc(N(CCCN2CCOCC2)c2ccncc2)c1.O=C(O)c1ccccc1O.O=C(O)c1ccccc1O. The minimum absolute atomic E-state index is 0.0671. The monoisotopic (exact) mass is 607 g/mol. The number of anilines is 2. The maximum absolute atomic E-state index is 10.3. The highest BCUT2D eigenvalue weighted by Gasteiger charge is 2.13. The first kappa shape index (κ1) is 32.9. The van der Waals surface area contributed by atoms with Crippen LogP contribution in [0.5, 0.6) is 11.5 Å². The molecule has 1 aliphatic rings. The van der Waals surface area contributed by atoms with Gasteiger partial charge in [-0.2, -0.15) is 0 Å². The lowest BCUT2D eigenvalue weighted by molar-refractivity contribution is 0.0377. The number of hydrogen-bond acceptors (Lipinski definition) is 8. The molecule has 0 atom stereocenters. The Kier molecular flexibility index (Phi) is 13.3. The minimum Gasteiger partial charge on any atom is -0.507 e. The highest BCUT2D eigenvalue weighted by Crippen LogP contribution is 2.27. The Hall–Kier alpha value is -4.64. The van der Waals surface area contributed by atoms with Gasteiger partial charge < -0.3 is 30.1 Å². The number of carboxylic acids is 2.